The van der Waals surface area contributed by atoms with Crippen molar-refractivity contribution in [3.05, 3.63) is 0 Å². The first-order valence-corrected chi connectivity index (χ1v) is 9.07. The molecule has 0 unspecified atom stereocenters. The van der Waals surface area contributed by atoms with Crippen molar-refractivity contribution in [2.45, 2.75) is 64.5 Å². The normalized spacial score (nSPS) is 45.4. The molecule has 154 valence electrons. The number of hydrogen-bond donors (Lipinski definition) is 1. The molecule has 0 aromatic rings. The first-order valence-electron chi connectivity index (χ1n) is 9.07. The van der Waals surface area contributed by atoms with Crippen LogP contribution in [0.1, 0.15) is 40.5 Å². The quantitative estimate of drug-likeness (QED) is 0.403. The fraction of sp³-hybridized carbons (Fsp3) is 0.889. The molecule has 0 aromatic heterocycles. The van der Waals surface area contributed by atoms with Gasteiger partial charge in [0.15, 0.2) is 6.29 Å². The molecule has 0 spiro atoms. The summed E-state index contributed by atoms with van der Waals surface area (Å²) in [5, 5.41) is 11.7. The molecule has 27 heavy (non-hydrogen) atoms. The van der Waals surface area contributed by atoms with Crippen LogP contribution in [0.5, 0.6) is 0 Å². The first kappa shape index (κ1) is 20.5. The second kappa shape index (κ2) is 6.97. The van der Waals surface area contributed by atoms with E-state index < -0.39 is 47.2 Å². The van der Waals surface area contributed by atoms with E-state index in [4.69, 9.17) is 28.4 Å². The van der Waals surface area contributed by atoms with Gasteiger partial charge >= 0.3 is 11.9 Å². The van der Waals surface area contributed by atoms with Crippen molar-refractivity contribution in [2.24, 2.45) is 17.3 Å². The van der Waals surface area contributed by atoms with Gasteiger partial charge < -0.3 is 33.5 Å². The standard InChI is InChI=1S/C18H28O9/c1-10-6-18(26-12(3)20)14-15(24-11(2)19)25-13(27-18)7-16(14,4)17(10,21)8-23-9-22-5/h10,13-15,21H,6-9H2,1-5H3/t10-,13-,14-,15-,16+,17+,18+/m1/s1. The molecule has 3 aliphatic heterocycles. The van der Waals surface area contributed by atoms with Gasteiger partial charge in [-0.15, -0.1) is 0 Å². The van der Waals surface area contributed by atoms with Gasteiger partial charge in [-0.1, -0.05) is 13.8 Å². The van der Waals surface area contributed by atoms with Gasteiger partial charge in [0, 0.05) is 39.2 Å². The average molecular weight is 388 g/mol. The third-order valence-electron chi connectivity index (χ3n) is 6.16. The van der Waals surface area contributed by atoms with Crippen molar-refractivity contribution in [2.75, 3.05) is 20.5 Å². The summed E-state index contributed by atoms with van der Waals surface area (Å²) in [6.45, 7) is 6.36. The molecule has 1 aliphatic carbocycles. The second-order valence-electron chi connectivity index (χ2n) is 7.95. The van der Waals surface area contributed by atoms with Crippen molar-refractivity contribution < 1.29 is 43.1 Å². The zero-order chi connectivity index (χ0) is 20.0. The van der Waals surface area contributed by atoms with E-state index in [0.717, 1.165) is 0 Å². The van der Waals surface area contributed by atoms with E-state index in [-0.39, 0.29) is 25.7 Å². The number of aliphatic hydroxyl groups is 1. The van der Waals surface area contributed by atoms with Gasteiger partial charge in [-0.25, -0.2) is 0 Å². The molecule has 1 saturated carbocycles. The van der Waals surface area contributed by atoms with Crippen molar-refractivity contribution in [1.29, 1.82) is 0 Å². The Balaban J connectivity index is 2.04. The highest BCUT2D eigenvalue weighted by Crippen LogP contribution is 2.66. The predicted octanol–water partition coefficient (Wildman–Crippen LogP) is 0.925. The highest BCUT2D eigenvalue weighted by atomic mass is 16.8. The number of carbonyl (C=O) groups excluding carboxylic acids is 2. The molecular weight excluding hydrogens is 360 g/mol. The number of methoxy groups -OCH3 is 1. The lowest BCUT2D eigenvalue weighted by molar-refractivity contribution is -0.492. The first-order chi connectivity index (χ1) is 12.6. The molecule has 3 saturated heterocycles. The monoisotopic (exact) mass is 388 g/mol. The van der Waals surface area contributed by atoms with Crippen molar-refractivity contribution in [1.82, 2.24) is 0 Å². The SMILES string of the molecule is COCOC[C@]1(O)[C@H](C)C[C@]2(OC(C)=O)O[C@@H]3C[C@@]1(C)[C@H]2[C@H](OC(C)=O)O3. The lowest BCUT2D eigenvalue weighted by atomic mass is 9.49. The van der Waals surface area contributed by atoms with Gasteiger partial charge in [0.25, 0.3) is 0 Å². The number of hydrogen-bond acceptors (Lipinski definition) is 9. The maximum atomic E-state index is 11.8. The minimum Gasteiger partial charge on any atom is -0.435 e. The number of fused-ring (bicyclic) bond motifs is 1. The van der Waals surface area contributed by atoms with Crippen LogP contribution in [0.3, 0.4) is 0 Å². The Morgan fingerprint density at radius 2 is 1.93 bits per heavy atom. The molecule has 9 nitrogen and oxygen atoms in total. The molecule has 3 heterocycles. The summed E-state index contributed by atoms with van der Waals surface area (Å²) < 4.78 is 33.2. The Kier molecular flexibility index (Phi) is 5.28. The predicted molar refractivity (Wildman–Crippen MR) is 88.8 cm³/mol. The van der Waals surface area contributed by atoms with Crippen LogP contribution in [-0.4, -0.2) is 61.5 Å². The van der Waals surface area contributed by atoms with Gasteiger partial charge in [-0.3, -0.25) is 9.59 Å². The highest BCUT2D eigenvalue weighted by Gasteiger charge is 2.76. The molecule has 4 aliphatic rings. The van der Waals surface area contributed by atoms with E-state index in [1.165, 1.54) is 21.0 Å². The van der Waals surface area contributed by atoms with Gasteiger partial charge in [0.1, 0.15) is 6.79 Å². The van der Waals surface area contributed by atoms with Crippen LogP contribution >= 0.6 is 0 Å². The summed E-state index contributed by atoms with van der Waals surface area (Å²) in [7, 11) is 1.50. The summed E-state index contributed by atoms with van der Waals surface area (Å²) in [4.78, 5) is 23.5. The Bertz CT molecular complexity index is 610. The Morgan fingerprint density at radius 1 is 1.22 bits per heavy atom. The number of carbonyl (C=O) groups is 2. The van der Waals surface area contributed by atoms with Gasteiger partial charge in [-0.2, -0.15) is 0 Å². The Morgan fingerprint density at radius 3 is 2.52 bits per heavy atom. The van der Waals surface area contributed by atoms with Gasteiger partial charge in [-0.05, 0) is 5.92 Å². The van der Waals surface area contributed by atoms with E-state index in [1.54, 1.807) is 0 Å². The van der Waals surface area contributed by atoms with E-state index in [9.17, 15) is 14.7 Å². The van der Waals surface area contributed by atoms with Gasteiger partial charge in [0.05, 0.1) is 18.1 Å². The third-order valence-corrected chi connectivity index (χ3v) is 6.16. The summed E-state index contributed by atoms with van der Waals surface area (Å²) in [6.07, 6.45) is -1.22. The molecule has 4 fully saturated rings. The molecule has 1 N–H and O–H groups in total. The fourth-order valence-electron chi connectivity index (χ4n) is 5.11. The van der Waals surface area contributed by atoms with E-state index >= 15 is 0 Å². The number of ether oxygens (including phenoxy) is 6. The maximum Gasteiger partial charge on any atom is 0.305 e. The molecule has 4 rings (SSSR count). The van der Waals surface area contributed by atoms with Crippen LogP contribution in [-0.2, 0) is 38.0 Å². The van der Waals surface area contributed by atoms with Crippen LogP contribution in [0.25, 0.3) is 0 Å². The Labute approximate surface area is 158 Å². The van der Waals surface area contributed by atoms with E-state index in [2.05, 4.69) is 0 Å². The summed E-state index contributed by atoms with van der Waals surface area (Å²) in [6, 6.07) is 0. The lowest BCUT2D eigenvalue weighted by Crippen LogP contribution is -2.78. The fourth-order valence-corrected chi connectivity index (χ4v) is 5.11. The van der Waals surface area contributed by atoms with Crippen LogP contribution in [0.15, 0.2) is 0 Å². The number of rotatable bonds is 6. The highest BCUT2D eigenvalue weighted by molar-refractivity contribution is 5.67. The van der Waals surface area contributed by atoms with E-state index in [1.807, 2.05) is 13.8 Å². The topological polar surface area (TPSA) is 110 Å². The van der Waals surface area contributed by atoms with Crippen LogP contribution < -0.4 is 0 Å². The lowest BCUT2D eigenvalue weighted by Gasteiger charge is -2.68. The molecule has 4 bridgehead atoms. The zero-order valence-electron chi connectivity index (χ0n) is 16.4. The Hall–Kier alpha value is -1.26. The van der Waals surface area contributed by atoms with Crippen molar-refractivity contribution in [3.63, 3.8) is 0 Å². The molecular formula is C18H28O9. The van der Waals surface area contributed by atoms with Gasteiger partial charge in [0.2, 0.25) is 12.1 Å². The summed E-state index contributed by atoms with van der Waals surface area (Å²) in [5.74, 6) is -3.42. The third kappa shape index (κ3) is 3.15. The van der Waals surface area contributed by atoms with Crippen LogP contribution in [0, 0.1) is 17.3 Å². The molecule has 0 amide bonds. The largest absolute Gasteiger partial charge is 0.435 e. The zero-order valence-corrected chi connectivity index (χ0v) is 16.4. The smallest absolute Gasteiger partial charge is 0.305 e. The van der Waals surface area contributed by atoms with Crippen molar-refractivity contribution >= 4 is 11.9 Å². The molecule has 9 heteroatoms. The molecule has 0 radical (unpaired) electrons. The minimum atomic E-state index is -1.34. The molecule has 7 atom stereocenters. The molecule has 0 aromatic carbocycles. The summed E-state index contributed by atoms with van der Waals surface area (Å²) >= 11 is 0. The maximum absolute atomic E-state index is 11.8. The minimum absolute atomic E-state index is 0.0185. The van der Waals surface area contributed by atoms with Crippen LogP contribution in [0.2, 0.25) is 0 Å². The van der Waals surface area contributed by atoms with Crippen LogP contribution in [0.4, 0.5) is 0 Å². The van der Waals surface area contributed by atoms with Crippen molar-refractivity contribution in [3.8, 4) is 0 Å². The average Bonchev–Trinajstić information content (AvgIpc) is 2.51. The second-order valence-corrected chi connectivity index (χ2v) is 7.95. The van der Waals surface area contributed by atoms with E-state index in [0.29, 0.717) is 6.42 Å². The number of esters is 2. The summed E-state index contributed by atoms with van der Waals surface area (Å²) in [5.41, 5.74) is -2.14.